The molecular formula is C45H38O18. The molecule has 3 aliphatic rings. The average molecular weight is 867 g/mol. The number of hydrogen-bond acceptors (Lipinski definition) is 18. The molecule has 0 amide bonds. The maximum Gasteiger partial charge on any atom is 0.157 e. The summed E-state index contributed by atoms with van der Waals surface area (Å²) >= 11 is 0. The lowest BCUT2D eigenvalue weighted by Gasteiger charge is -2.43. The van der Waals surface area contributed by atoms with Crippen molar-refractivity contribution in [3.05, 3.63) is 123 Å². The minimum Gasteiger partial charge on any atom is -0.508 e. The minimum atomic E-state index is -1.90. The Morgan fingerprint density at radius 1 is 0.365 bits per heavy atom. The lowest BCUT2D eigenvalue weighted by Crippen LogP contribution is -2.39. The third-order valence-electron chi connectivity index (χ3n) is 11.8. The zero-order chi connectivity index (χ0) is 44.9. The van der Waals surface area contributed by atoms with E-state index in [1.807, 2.05) is 0 Å². The first-order valence-electron chi connectivity index (χ1n) is 19.3. The Hall–Kier alpha value is -7.80. The van der Waals surface area contributed by atoms with Gasteiger partial charge < -0.3 is 90.8 Å². The molecule has 0 spiro atoms. The van der Waals surface area contributed by atoms with Gasteiger partial charge in [-0.05, 0) is 53.1 Å². The molecule has 63 heavy (non-hydrogen) atoms. The van der Waals surface area contributed by atoms with Crippen molar-refractivity contribution in [1.82, 2.24) is 0 Å². The van der Waals surface area contributed by atoms with E-state index >= 15 is 0 Å². The highest BCUT2D eigenvalue weighted by Gasteiger charge is 2.51. The van der Waals surface area contributed by atoms with Gasteiger partial charge in [-0.1, -0.05) is 18.2 Å². The molecule has 18 heteroatoms. The van der Waals surface area contributed by atoms with Crippen molar-refractivity contribution in [2.45, 2.75) is 54.9 Å². The summed E-state index contributed by atoms with van der Waals surface area (Å²) in [5.41, 5.74) is -1.10. The van der Waals surface area contributed by atoms with Crippen molar-refractivity contribution in [1.29, 1.82) is 0 Å². The van der Waals surface area contributed by atoms with Crippen LogP contribution in [0.5, 0.6) is 86.2 Å². The Labute approximate surface area is 354 Å². The van der Waals surface area contributed by atoms with Crippen LogP contribution in [0.15, 0.2) is 78.9 Å². The second-order valence-electron chi connectivity index (χ2n) is 15.7. The third-order valence-corrected chi connectivity index (χ3v) is 11.8. The van der Waals surface area contributed by atoms with Gasteiger partial charge in [0.05, 0.1) is 17.9 Å². The van der Waals surface area contributed by atoms with Crippen LogP contribution in [0.1, 0.15) is 74.7 Å². The standard InChI is InChI=1S/C45H38O18/c46-18-10-27(54)33-32(11-18)61-42(16-2-5-21(48)25(52)8-16)39(59)37(33)35-29(56)14-30(57)36-38(40(60)43(63-45(35)36)17-3-6-22(49)26(53)9-17)34-28(55)13-23(50)19-12-31(58)41(62-44(19)34)15-1-4-20(47)24(51)7-15/h1-11,13-14,31,37-43,46-60H,12H2/t31-,37?,38?,39-,40-,41-,42-,43-/m1/s1. The van der Waals surface area contributed by atoms with Crippen molar-refractivity contribution in [3.8, 4) is 86.2 Å². The normalized spacial score (nSPS) is 23.6. The number of aliphatic hydroxyl groups excluding tert-OH is 3. The first-order valence-corrected chi connectivity index (χ1v) is 19.3. The Kier molecular flexibility index (Phi) is 9.46. The Morgan fingerprint density at radius 3 is 1.29 bits per heavy atom. The van der Waals surface area contributed by atoms with Crippen LogP contribution in [0.2, 0.25) is 0 Å². The molecule has 0 bridgehead atoms. The van der Waals surface area contributed by atoms with Gasteiger partial charge in [-0.3, -0.25) is 0 Å². The summed E-state index contributed by atoms with van der Waals surface area (Å²) in [4.78, 5) is 0. The van der Waals surface area contributed by atoms with Crippen molar-refractivity contribution in [3.63, 3.8) is 0 Å². The van der Waals surface area contributed by atoms with Crippen LogP contribution in [-0.4, -0.2) is 94.9 Å². The number of aliphatic hydroxyl groups is 3. The first kappa shape index (κ1) is 40.6. The van der Waals surface area contributed by atoms with E-state index in [0.717, 1.165) is 60.7 Å². The van der Waals surface area contributed by atoms with Crippen LogP contribution >= 0.6 is 0 Å². The molecular weight excluding hydrogens is 828 g/mol. The summed E-state index contributed by atoms with van der Waals surface area (Å²) in [7, 11) is 0. The maximum atomic E-state index is 12.5. The van der Waals surface area contributed by atoms with Crippen LogP contribution in [0.4, 0.5) is 0 Å². The van der Waals surface area contributed by atoms with Crippen molar-refractivity contribution in [2.75, 3.05) is 0 Å². The fourth-order valence-electron chi connectivity index (χ4n) is 8.94. The predicted molar refractivity (Wildman–Crippen MR) is 214 cm³/mol. The molecule has 8 atom stereocenters. The Morgan fingerprint density at radius 2 is 0.778 bits per heavy atom. The monoisotopic (exact) mass is 866 g/mol. The Bertz CT molecular complexity index is 2840. The smallest absolute Gasteiger partial charge is 0.157 e. The van der Waals surface area contributed by atoms with Gasteiger partial charge in [0, 0.05) is 58.5 Å². The highest BCUT2D eigenvalue weighted by atomic mass is 16.5. The van der Waals surface area contributed by atoms with Crippen LogP contribution < -0.4 is 14.2 Å². The van der Waals surface area contributed by atoms with Gasteiger partial charge >= 0.3 is 0 Å². The zero-order valence-corrected chi connectivity index (χ0v) is 32.3. The van der Waals surface area contributed by atoms with Gasteiger partial charge in [-0.2, -0.15) is 0 Å². The molecule has 3 heterocycles. The third kappa shape index (κ3) is 6.46. The topological polar surface area (TPSA) is 331 Å². The molecule has 15 N–H and O–H groups in total. The summed E-state index contributed by atoms with van der Waals surface area (Å²) in [5, 5.41) is 166. The van der Waals surface area contributed by atoms with Crippen molar-refractivity contribution < 1.29 is 90.8 Å². The number of phenolic OH excluding ortho intramolecular Hbond substituents is 12. The number of rotatable bonds is 5. The highest BCUT2D eigenvalue weighted by molar-refractivity contribution is 5.70. The number of aromatic hydroxyl groups is 12. The van der Waals surface area contributed by atoms with Crippen molar-refractivity contribution >= 4 is 0 Å². The fraction of sp³-hybridized carbons (Fsp3) is 0.200. The number of phenols is 12. The summed E-state index contributed by atoms with van der Waals surface area (Å²) in [6.07, 6.45) is -9.93. The number of benzene rings is 6. The van der Waals surface area contributed by atoms with Gasteiger partial charge in [0.25, 0.3) is 0 Å². The molecule has 6 aromatic carbocycles. The van der Waals surface area contributed by atoms with E-state index < -0.39 is 123 Å². The van der Waals surface area contributed by atoms with Crippen LogP contribution in [0, 0.1) is 0 Å². The molecule has 0 fully saturated rings. The molecule has 18 nitrogen and oxygen atoms in total. The van der Waals surface area contributed by atoms with Gasteiger partial charge in [0.2, 0.25) is 0 Å². The second-order valence-corrected chi connectivity index (χ2v) is 15.7. The minimum absolute atomic E-state index is 0.0127. The summed E-state index contributed by atoms with van der Waals surface area (Å²) in [6, 6.07) is 14.4. The lowest BCUT2D eigenvalue weighted by atomic mass is 9.73. The van der Waals surface area contributed by atoms with E-state index in [1.165, 1.54) is 18.2 Å². The fourth-order valence-corrected chi connectivity index (χ4v) is 8.94. The highest BCUT2D eigenvalue weighted by Crippen LogP contribution is 2.62. The summed E-state index contributed by atoms with van der Waals surface area (Å²) < 4.78 is 18.9. The van der Waals surface area contributed by atoms with Gasteiger partial charge in [0.15, 0.2) is 46.7 Å². The largest absolute Gasteiger partial charge is 0.508 e. The number of hydrogen-bond donors (Lipinski definition) is 15. The van der Waals surface area contributed by atoms with Crippen LogP contribution in [0.3, 0.4) is 0 Å². The van der Waals surface area contributed by atoms with E-state index in [0.29, 0.717) is 0 Å². The molecule has 0 aliphatic carbocycles. The Balaban J connectivity index is 1.31. The number of ether oxygens (including phenoxy) is 3. The molecule has 326 valence electrons. The van der Waals surface area contributed by atoms with Crippen molar-refractivity contribution in [2.24, 2.45) is 0 Å². The molecule has 0 saturated heterocycles. The zero-order valence-electron chi connectivity index (χ0n) is 32.3. The van der Waals surface area contributed by atoms with Crippen LogP contribution in [-0.2, 0) is 6.42 Å². The van der Waals surface area contributed by atoms with Gasteiger partial charge in [0.1, 0.15) is 70.1 Å². The van der Waals surface area contributed by atoms with Crippen LogP contribution in [0.25, 0.3) is 0 Å². The summed E-state index contributed by atoms with van der Waals surface area (Å²) in [5.74, 6) is -11.5. The SMILES string of the molecule is Oc1cc(O)c2c(c1)O[C@H](c1ccc(O)c(O)c1)[C@H](O)C2c1c(O)cc(O)c2c1O[C@H](c1ccc(O)c(O)c1)[C@H](O)C2c1c(O)cc(O)c2c1O[C@H](c1ccc(O)c(O)c1)[C@H](O)C2. The van der Waals surface area contributed by atoms with Gasteiger partial charge in [-0.25, -0.2) is 0 Å². The first-order chi connectivity index (χ1) is 29.9. The molecule has 2 unspecified atom stereocenters. The molecule has 3 aliphatic heterocycles. The van der Waals surface area contributed by atoms with E-state index in [-0.39, 0.29) is 62.4 Å². The van der Waals surface area contributed by atoms with E-state index in [9.17, 15) is 76.6 Å². The quantitative estimate of drug-likeness (QED) is 0.106. The lowest BCUT2D eigenvalue weighted by molar-refractivity contribution is -0.00562. The molecule has 0 radical (unpaired) electrons. The average Bonchev–Trinajstić information content (AvgIpc) is 3.22. The van der Waals surface area contributed by atoms with Gasteiger partial charge in [-0.15, -0.1) is 0 Å². The van der Waals surface area contributed by atoms with E-state index in [2.05, 4.69) is 0 Å². The molecule has 0 aromatic heterocycles. The molecule has 6 aromatic rings. The molecule has 9 rings (SSSR count). The number of fused-ring (bicyclic) bond motifs is 3. The second kappa shape index (κ2) is 14.7. The summed E-state index contributed by atoms with van der Waals surface area (Å²) in [6.45, 7) is 0. The molecule has 0 saturated carbocycles. The van der Waals surface area contributed by atoms with E-state index in [1.54, 1.807) is 0 Å². The predicted octanol–water partition coefficient (Wildman–Crippen LogP) is 4.44. The maximum absolute atomic E-state index is 12.5. The van der Waals surface area contributed by atoms with E-state index in [4.69, 9.17) is 14.2 Å².